The number of Topliss-reactive ketones (excluding diaryl/α,β-unsaturated/α-hetero) is 1. The Morgan fingerprint density at radius 1 is 0.797 bits per heavy atom. The number of allylic oxidation sites excluding steroid dienone is 1. The smallest absolute Gasteiger partial charge is 0.490 e. The van der Waals surface area contributed by atoms with E-state index in [2.05, 4.69) is 5.32 Å². The van der Waals surface area contributed by atoms with Crippen molar-refractivity contribution in [3.05, 3.63) is 142 Å². The van der Waals surface area contributed by atoms with Crippen LogP contribution in [0.1, 0.15) is 124 Å². The third-order valence-electron chi connectivity index (χ3n) is 15.0. The minimum Gasteiger partial charge on any atom is -0.490 e. The van der Waals surface area contributed by atoms with Gasteiger partial charge in [-0.25, -0.2) is 14.4 Å². The van der Waals surface area contributed by atoms with Gasteiger partial charge in [-0.15, -0.1) is 0 Å². The number of carbonyl (C=O) groups is 6. The number of ketones is 1. The molecule has 1 aliphatic heterocycles. The van der Waals surface area contributed by atoms with Gasteiger partial charge in [0.2, 0.25) is 6.10 Å². The average Bonchev–Trinajstić information content (AvgIpc) is 3.32. The van der Waals surface area contributed by atoms with E-state index in [1.807, 2.05) is 41.5 Å². The Bertz CT molecular complexity index is 2630. The minimum atomic E-state index is -1.81. The number of carbonyl (C=O) groups excluding carboxylic acids is 6. The fourth-order valence-electron chi connectivity index (χ4n) is 11.3. The third-order valence-corrected chi connectivity index (χ3v) is 15.0. The zero-order valence-corrected chi connectivity index (χ0v) is 40.3. The van der Waals surface area contributed by atoms with Gasteiger partial charge >= 0.3 is 24.1 Å². The van der Waals surface area contributed by atoms with Crippen molar-refractivity contribution in [2.75, 3.05) is 0 Å². The van der Waals surface area contributed by atoms with Crippen LogP contribution in [0.25, 0.3) is 0 Å². The lowest BCUT2D eigenvalue weighted by atomic mass is 9.50. The molecule has 1 N–H and O–H groups in total. The molecule has 13 nitrogen and oxygen atoms in total. The molecule has 2 bridgehead atoms. The van der Waals surface area contributed by atoms with Gasteiger partial charge in [-0.1, -0.05) is 93.1 Å². The van der Waals surface area contributed by atoms with Gasteiger partial charge in [-0.2, -0.15) is 0 Å². The number of esters is 3. The van der Waals surface area contributed by atoms with Gasteiger partial charge < -0.3 is 33.7 Å². The molecule has 4 aliphatic rings. The number of amides is 1. The molecular weight excluding hydrogens is 879 g/mol. The van der Waals surface area contributed by atoms with E-state index < -0.39 is 83.1 Å². The van der Waals surface area contributed by atoms with Gasteiger partial charge in [0.25, 0.3) is 5.91 Å². The third kappa shape index (κ3) is 10.0. The zero-order chi connectivity index (χ0) is 49.2. The minimum absolute atomic E-state index is 0.0198. The lowest BCUT2D eigenvalue weighted by Gasteiger charge is -2.58. The lowest BCUT2D eigenvalue weighted by Crippen LogP contribution is -2.62. The van der Waals surface area contributed by atoms with E-state index in [-0.39, 0.29) is 30.5 Å². The van der Waals surface area contributed by atoms with Crippen LogP contribution in [-0.2, 0) is 39.8 Å². The lowest BCUT2D eigenvalue weighted by molar-refractivity contribution is -0.194. The first kappa shape index (κ1) is 48.7. The molecule has 3 aliphatic carbocycles. The second-order valence-electron chi connectivity index (χ2n) is 19.7. The summed E-state index contributed by atoms with van der Waals surface area (Å²) < 4.78 is 37.1. The molecule has 9 atom stereocenters. The van der Waals surface area contributed by atoms with E-state index >= 15 is 4.79 Å². The van der Waals surface area contributed by atoms with Crippen molar-refractivity contribution in [2.24, 2.45) is 22.7 Å². The van der Waals surface area contributed by atoms with E-state index in [1.54, 1.807) is 103 Å². The molecule has 13 heteroatoms. The molecule has 8 rings (SSSR count). The number of fused-ring (bicyclic) bond motifs is 4. The van der Waals surface area contributed by atoms with Gasteiger partial charge in [0.1, 0.15) is 41.6 Å². The summed E-state index contributed by atoms with van der Waals surface area (Å²) >= 11 is 0. The monoisotopic (exact) mass is 939 g/mol. The van der Waals surface area contributed by atoms with E-state index in [1.165, 1.54) is 6.92 Å². The Kier molecular flexibility index (Phi) is 14.2. The van der Waals surface area contributed by atoms with Crippen LogP contribution in [0, 0.1) is 29.6 Å². The zero-order valence-electron chi connectivity index (χ0n) is 40.3. The number of nitrogens with one attached hydrogen (secondary N) is 1. The standard InChI is InChI=1S/C56H61NO12/c1-32-28-40(29-39-27-26-33(2)64-48(32)39)66-54(63)68-49(47(36-18-11-8-12-19-36)57-51(60)37-20-13-9-14-21-37)53(62)67-45-31-43-50(69-52(61)38-22-15-10-16-23-38)56(7)41(24-17-25-46(56)65-35(4)58)44(59)30-42(34(45)3)55(43,5)6/h8-16,18-23,28-29,33,41,43,45-47,49-50H,17,24-27,30-31H2,1-7H3,(H,57,60). The first-order chi connectivity index (χ1) is 32.9. The van der Waals surface area contributed by atoms with Crippen LogP contribution in [-0.4, -0.2) is 66.3 Å². The number of hydrogen-bond acceptors (Lipinski definition) is 12. The molecule has 0 saturated heterocycles. The molecule has 1 amide bonds. The second kappa shape index (κ2) is 20.1. The molecule has 4 aromatic rings. The summed E-state index contributed by atoms with van der Waals surface area (Å²) in [5.74, 6) is -3.07. The van der Waals surface area contributed by atoms with Gasteiger partial charge in [-0.05, 0) is 123 Å². The van der Waals surface area contributed by atoms with E-state index in [0.29, 0.717) is 47.9 Å². The summed E-state index contributed by atoms with van der Waals surface area (Å²) in [6.45, 7) is 12.9. The summed E-state index contributed by atoms with van der Waals surface area (Å²) in [5.41, 5.74) is 2.05. The van der Waals surface area contributed by atoms with E-state index in [0.717, 1.165) is 28.9 Å². The van der Waals surface area contributed by atoms with Crippen LogP contribution in [0.4, 0.5) is 4.79 Å². The highest BCUT2D eigenvalue weighted by molar-refractivity contribution is 5.95. The topological polar surface area (TPSA) is 170 Å². The van der Waals surface area contributed by atoms with Gasteiger partial charge in [0.05, 0.1) is 17.1 Å². The number of aryl methyl sites for hydroxylation is 2. The Balaban J connectivity index is 1.19. The molecule has 69 heavy (non-hydrogen) atoms. The van der Waals surface area contributed by atoms with Gasteiger partial charge in [0.15, 0.2) is 0 Å². The highest BCUT2D eigenvalue weighted by atomic mass is 16.7. The highest BCUT2D eigenvalue weighted by Gasteiger charge is 2.63. The highest BCUT2D eigenvalue weighted by Crippen LogP contribution is 2.59. The average molecular weight is 940 g/mol. The van der Waals surface area contributed by atoms with Crippen LogP contribution < -0.4 is 14.8 Å². The first-order valence-corrected chi connectivity index (χ1v) is 23.9. The number of hydrogen-bond donors (Lipinski definition) is 1. The number of rotatable bonds is 11. The fourth-order valence-corrected chi connectivity index (χ4v) is 11.3. The van der Waals surface area contributed by atoms with Gasteiger partial charge in [-0.3, -0.25) is 14.4 Å². The van der Waals surface area contributed by atoms with Crippen molar-refractivity contribution in [3.63, 3.8) is 0 Å². The second-order valence-corrected chi connectivity index (χ2v) is 19.7. The largest absolute Gasteiger partial charge is 0.514 e. The first-order valence-electron chi connectivity index (χ1n) is 23.9. The molecular formula is C56H61NO12. The maximum Gasteiger partial charge on any atom is 0.514 e. The Morgan fingerprint density at radius 2 is 1.45 bits per heavy atom. The van der Waals surface area contributed by atoms with Crippen molar-refractivity contribution in [1.29, 1.82) is 0 Å². The predicted octanol–water partition coefficient (Wildman–Crippen LogP) is 9.97. The quantitative estimate of drug-likeness (QED) is 0.0655. The SMILES string of the molecule is CC(=O)OC1CCCC2C(=O)CC3=C(C)C(OC(=O)C(OC(=O)Oc4cc(C)c5c(c4)CCC(C)O5)C(NC(=O)c4ccccc4)c4ccccc4)CC(C(OC(=O)c4ccccc4)C12C)C3(C)C. The van der Waals surface area contributed by atoms with Gasteiger partial charge in [0, 0.05) is 30.7 Å². The van der Waals surface area contributed by atoms with Crippen molar-refractivity contribution < 1.29 is 57.2 Å². The van der Waals surface area contributed by atoms with Crippen molar-refractivity contribution in [3.8, 4) is 11.5 Å². The maximum atomic E-state index is 15.2. The van der Waals surface area contributed by atoms with Crippen molar-refractivity contribution in [1.82, 2.24) is 5.32 Å². The Morgan fingerprint density at radius 3 is 2.12 bits per heavy atom. The summed E-state index contributed by atoms with van der Waals surface area (Å²) in [7, 11) is 0. The Hall–Kier alpha value is -6.76. The molecule has 0 aromatic heterocycles. The fraction of sp³-hybridized carbons (Fsp3) is 0.429. The predicted molar refractivity (Wildman–Crippen MR) is 254 cm³/mol. The van der Waals surface area contributed by atoms with E-state index in [4.69, 9.17) is 28.4 Å². The summed E-state index contributed by atoms with van der Waals surface area (Å²) in [6.07, 6.45) is -2.60. The molecule has 2 saturated carbocycles. The molecule has 0 radical (unpaired) electrons. The molecule has 1 heterocycles. The maximum absolute atomic E-state index is 15.2. The molecule has 9 unspecified atom stereocenters. The molecule has 4 aromatic carbocycles. The van der Waals surface area contributed by atoms with Crippen LogP contribution in [0.3, 0.4) is 0 Å². The normalized spacial score (nSPS) is 25.6. The van der Waals surface area contributed by atoms with Crippen LogP contribution in [0.2, 0.25) is 0 Å². The van der Waals surface area contributed by atoms with Crippen molar-refractivity contribution in [2.45, 2.75) is 130 Å². The Labute approximate surface area is 403 Å². The molecule has 2 fully saturated rings. The summed E-state index contributed by atoms with van der Waals surface area (Å²) in [6, 6.07) is 27.7. The van der Waals surface area contributed by atoms with Crippen LogP contribution >= 0.6 is 0 Å². The summed E-state index contributed by atoms with van der Waals surface area (Å²) in [4.78, 5) is 85.1. The van der Waals surface area contributed by atoms with Crippen LogP contribution in [0.15, 0.2) is 114 Å². The van der Waals surface area contributed by atoms with Crippen molar-refractivity contribution >= 4 is 35.8 Å². The van der Waals surface area contributed by atoms with Crippen LogP contribution in [0.5, 0.6) is 11.5 Å². The molecule has 362 valence electrons. The number of ether oxygens (including phenoxy) is 6. The molecule has 0 spiro atoms. The summed E-state index contributed by atoms with van der Waals surface area (Å²) in [5, 5.41) is 2.94. The number of benzene rings is 4. The van der Waals surface area contributed by atoms with E-state index in [9.17, 15) is 24.0 Å².